The lowest BCUT2D eigenvalue weighted by Crippen LogP contribution is -2.30. The lowest BCUT2D eigenvalue weighted by Gasteiger charge is -2.08. The lowest BCUT2D eigenvalue weighted by atomic mass is 10.1. The van der Waals surface area contributed by atoms with Crippen LogP contribution < -0.4 is 5.32 Å². The SMILES string of the molecule is O=C(Nc1c(/C=C/c2ccc(Cl)cc2)[nH]c2cc(Br)ccc12)C(F)(F)F. The minimum absolute atomic E-state index is 0.0695. The number of benzene rings is 2. The van der Waals surface area contributed by atoms with Gasteiger partial charge in [0.15, 0.2) is 0 Å². The molecule has 0 saturated carbocycles. The fraction of sp³-hybridized carbons (Fsp3) is 0.0556. The minimum atomic E-state index is -4.98. The lowest BCUT2D eigenvalue weighted by molar-refractivity contribution is -0.167. The Labute approximate surface area is 160 Å². The van der Waals surface area contributed by atoms with E-state index in [9.17, 15) is 18.0 Å². The second-order valence-corrected chi connectivity index (χ2v) is 6.79. The summed E-state index contributed by atoms with van der Waals surface area (Å²) in [4.78, 5) is 14.4. The van der Waals surface area contributed by atoms with Crippen molar-refractivity contribution in [3.63, 3.8) is 0 Å². The van der Waals surface area contributed by atoms with E-state index in [-0.39, 0.29) is 5.69 Å². The Morgan fingerprint density at radius 3 is 2.46 bits per heavy atom. The number of alkyl halides is 3. The molecule has 2 N–H and O–H groups in total. The van der Waals surface area contributed by atoms with Crippen molar-refractivity contribution in [1.29, 1.82) is 0 Å². The molecule has 8 heteroatoms. The predicted molar refractivity (Wildman–Crippen MR) is 101 cm³/mol. The van der Waals surface area contributed by atoms with Gasteiger partial charge in [-0.15, -0.1) is 0 Å². The standard InChI is InChI=1S/C18H11BrClF3N2O/c19-11-4-7-13-15(9-11)24-14(16(13)25-17(26)18(21,22)23)8-3-10-1-5-12(20)6-2-10/h1-9,24H,(H,25,26)/b8-3+. The molecule has 26 heavy (non-hydrogen) atoms. The highest BCUT2D eigenvalue weighted by molar-refractivity contribution is 9.10. The number of fused-ring (bicyclic) bond motifs is 1. The molecule has 0 atom stereocenters. The highest BCUT2D eigenvalue weighted by atomic mass is 79.9. The molecule has 1 aromatic heterocycles. The maximum atomic E-state index is 12.7. The first kappa shape index (κ1) is 18.5. The number of hydrogen-bond acceptors (Lipinski definition) is 1. The van der Waals surface area contributed by atoms with Gasteiger partial charge in [0, 0.05) is 20.4 Å². The predicted octanol–water partition coefficient (Wildman–Crippen LogP) is 6.26. The van der Waals surface area contributed by atoms with E-state index in [0.717, 1.165) is 10.0 Å². The van der Waals surface area contributed by atoms with Crippen LogP contribution in [0.5, 0.6) is 0 Å². The van der Waals surface area contributed by atoms with Gasteiger partial charge in [0.2, 0.25) is 0 Å². The minimum Gasteiger partial charge on any atom is -0.353 e. The van der Waals surface area contributed by atoms with Gasteiger partial charge in [-0.2, -0.15) is 13.2 Å². The summed E-state index contributed by atoms with van der Waals surface area (Å²) in [6, 6.07) is 12.0. The molecule has 0 radical (unpaired) electrons. The molecule has 0 unspecified atom stereocenters. The van der Waals surface area contributed by atoms with Gasteiger partial charge in [-0.1, -0.05) is 45.7 Å². The molecule has 3 aromatic rings. The molecule has 0 bridgehead atoms. The van der Waals surface area contributed by atoms with E-state index in [1.165, 1.54) is 0 Å². The van der Waals surface area contributed by atoms with E-state index >= 15 is 0 Å². The number of carbonyl (C=O) groups is 1. The molecule has 3 nitrogen and oxygen atoms in total. The number of H-pyrrole nitrogens is 1. The van der Waals surface area contributed by atoms with Gasteiger partial charge in [0.1, 0.15) is 0 Å². The molecule has 1 heterocycles. The van der Waals surface area contributed by atoms with Crippen LogP contribution in [0.25, 0.3) is 23.1 Å². The summed E-state index contributed by atoms with van der Waals surface area (Å²) in [6.07, 6.45) is -1.67. The van der Waals surface area contributed by atoms with E-state index < -0.39 is 12.1 Å². The Hall–Kier alpha value is -2.25. The van der Waals surface area contributed by atoms with Gasteiger partial charge in [0.25, 0.3) is 0 Å². The van der Waals surface area contributed by atoms with Gasteiger partial charge in [0.05, 0.1) is 11.4 Å². The number of amides is 1. The molecule has 0 saturated heterocycles. The van der Waals surface area contributed by atoms with Crippen molar-refractivity contribution >= 4 is 62.2 Å². The Morgan fingerprint density at radius 1 is 1.12 bits per heavy atom. The van der Waals surface area contributed by atoms with Gasteiger partial charge >= 0.3 is 12.1 Å². The van der Waals surface area contributed by atoms with Gasteiger partial charge in [-0.25, -0.2) is 0 Å². The molecule has 0 fully saturated rings. The fourth-order valence-electron chi connectivity index (χ4n) is 2.39. The Morgan fingerprint density at radius 2 is 1.81 bits per heavy atom. The summed E-state index contributed by atoms with van der Waals surface area (Å²) in [7, 11) is 0. The van der Waals surface area contributed by atoms with Crippen LogP contribution >= 0.6 is 27.5 Å². The average Bonchev–Trinajstić information content (AvgIpc) is 2.90. The van der Waals surface area contributed by atoms with Crippen LogP contribution in [0.2, 0.25) is 5.02 Å². The van der Waals surface area contributed by atoms with Crippen molar-refractivity contribution in [2.45, 2.75) is 6.18 Å². The van der Waals surface area contributed by atoms with Crippen molar-refractivity contribution in [3.05, 3.63) is 63.2 Å². The Kier molecular flexibility index (Phi) is 5.11. The fourth-order valence-corrected chi connectivity index (χ4v) is 2.88. The van der Waals surface area contributed by atoms with Crippen molar-refractivity contribution in [1.82, 2.24) is 4.98 Å². The van der Waals surface area contributed by atoms with E-state index in [1.54, 1.807) is 54.6 Å². The zero-order valence-corrected chi connectivity index (χ0v) is 15.3. The van der Waals surface area contributed by atoms with Gasteiger partial charge < -0.3 is 10.3 Å². The maximum absolute atomic E-state index is 12.7. The summed E-state index contributed by atoms with van der Waals surface area (Å²) >= 11 is 9.15. The van der Waals surface area contributed by atoms with E-state index in [4.69, 9.17) is 11.6 Å². The van der Waals surface area contributed by atoms with E-state index in [0.29, 0.717) is 21.6 Å². The molecular formula is C18H11BrClF3N2O. The number of carbonyl (C=O) groups excluding carboxylic acids is 1. The molecule has 0 aliphatic heterocycles. The number of aromatic amines is 1. The van der Waals surface area contributed by atoms with Gasteiger partial charge in [-0.05, 0) is 42.0 Å². The van der Waals surface area contributed by atoms with Crippen LogP contribution in [0.4, 0.5) is 18.9 Å². The highest BCUT2D eigenvalue weighted by Crippen LogP contribution is 2.32. The van der Waals surface area contributed by atoms with Crippen molar-refractivity contribution in [3.8, 4) is 0 Å². The quantitative estimate of drug-likeness (QED) is 0.493. The smallest absolute Gasteiger partial charge is 0.353 e. The first-order valence-corrected chi connectivity index (χ1v) is 8.54. The molecule has 0 aliphatic carbocycles. The largest absolute Gasteiger partial charge is 0.471 e. The number of nitrogens with one attached hydrogen (secondary N) is 2. The van der Waals surface area contributed by atoms with Crippen LogP contribution in [0.1, 0.15) is 11.3 Å². The third-order valence-corrected chi connectivity index (χ3v) is 4.34. The number of rotatable bonds is 3. The topological polar surface area (TPSA) is 44.9 Å². The van der Waals surface area contributed by atoms with Crippen LogP contribution in [0.15, 0.2) is 46.9 Å². The van der Waals surface area contributed by atoms with Crippen molar-refractivity contribution < 1.29 is 18.0 Å². The Balaban J connectivity index is 2.03. The molecule has 2 aromatic carbocycles. The molecule has 1 amide bonds. The third-order valence-electron chi connectivity index (χ3n) is 3.60. The monoisotopic (exact) mass is 442 g/mol. The molecular weight excluding hydrogens is 433 g/mol. The summed E-state index contributed by atoms with van der Waals surface area (Å²) in [5, 5.41) is 3.01. The van der Waals surface area contributed by atoms with Crippen molar-refractivity contribution in [2.24, 2.45) is 0 Å². The first-order chi connectivity index (χ1) is 12.2. The zero-order chi connectivity index (χ0) is 18.9. The second kappa shape index (κ2) is 7.17. The first-order valence-electron chi connectivity index (χ1n) is 7.37. The summed E-state index contributed by atoms with van der Waals surface area (Å²) in [5.74, 6) is -2.03. The van der Waals surface area contributed by atoms with Crippen LogP contribution in [0.3, 0.4) is 0 Å². The number of hydrogen-bond donors (Lipinski definition) is 2. The maximum Gasteiger partial charge on any atom is 0.471 e. The Bertz CT molecular complexity index is 994. The number of aromatic nitrogens is 1. The van der Waals surface area contributed by atoms with Crippen molar-refractivity contribution in [2.75, 3.05) is 5.32 Å². The molecule has 134 valence electrons. The molecule has 3 rings (SSSR count). The summed E-state index contributed by atoms with van der Waals surface area (Å²) in [5.41, 5.74) is 1.82. The molecule has 0 spiro atoms. The summed E-state index contributed by atoms with van der Waals surface area (Å²) in [6.45, 7) is 0. The normalized spacial score (nSPS) is 12.0. The third kappa shape index (κ3) is 4.11. The average molecular weight is 444 g/mol. The van der Waals surface area contributed by atoms with E-state index in [2.05, 4.69) is 20.9 Å². The number of anilines is 1. The second-order valence-electron chi connectivity index (χ2n) is 5.44. The summed E-state index contributed by atoms with van der Waals surface area (Å²) < 4.78 is 38.8. The van der Waals surface area contributed by atoms with Crippen LogP contribution in [-0.2, 0) is 4.79 Å². The van der Waals surface area contributed by atoms with Gasteiger partial charge in [-0.3, -0.25) is 4.79 Å². The number of halogens is 5. The highest BCUT2D eigenvalue weighted by Gasteiger charge is 2.39. The van der Waals surface area contributed by atoms with Crippen LogP contribution in [-0.4, -0.2) is 17.1 Å². The molecule has 0 aliphatic rings. The van der Waals surface area contributed by atoms with Crippen LogP contribution in [0, 0.1) is 0 Å². The van der Waals surface area contributed by atoms with E-state index in [1.807, 2.05) is 5.32 Å². The zero-order valence-electron chi connectivity index (χ0n) is 13.0.